The molecule has 0 unspecified atom stereocenters. The van der Waals surface area contributed by atoms with Gasteiger partial charge in [0.1, 0.15) is 5.69 Å². The van der Waals surface area contributed by atoms with Gasteiger partial charge >= 0.3 is 0 Å². The molecule has 3 aromatic rings. The molecule has 126 valence electrons. The van der Waals surface area contributed by atoms with Gasteiger partial charge in [-0.3, -0.25) is 9.78 Å². The summed E-state index contributed by atoms with van der Waals surface area (Å²) in [5, 5.41) is 1.05. The molecular formula is C19H19N5O. The number of amides is 1. The molecule has 4 heterocycles. The zero-order valence-electron chi connectivity index (χ0n) is 14.1. The predicted octanol–water partition coefficient (Wildman–Crippen LogP) is 2.75. The Balaban J connectivity index is 1.45. The maximum Gasteiger partial charge on any atom is 0.274 e. The fourth-order valence-electron chi connectivity index (χ4n) is 3.24. The first-order valence-corrected chi connectivity index (χ1v) is 8.50. The van der Waals surface area contributed by atoms with E-state index in [4.69, 9.17) is 4.98 Å². The van der Waals surface area contributed by atoms with E-state index in [2.05, 4.69) is 27.1 Å². The molecule has 25 heavy (non-hydrogen) atoms. The van der Waals surface area contributed by atoms with Crippen molar-refractivity contribution >= 4 is 16.9 Å². The summed E-state index contributed by atoms with van der Waals surface area (Å²) in [7, 11) is 0. The lowest BCUT2D eigenvalue weighted by molar-refractivity contribution is 0.0705. The summed E-state index contributed by atoms with van der Waals surface area (Å²) in [6.45, 7) is 3.28. The molecule has 1 aliphatic rings. The van der Waals surface area contributed by atoms with Crippen molar-refractivity contribution < 1.29 is 4.79 Å². The Bertz CT molecular complexity index is 901. The Labute approximate surface area is 146 Å². The molecule has 0 spiro atoms. The van der Waals surface area contributed by atoms with Gasteiger partial charge in [-0.2, -0.15) is 0 Å². The van der Waals surface area contributed by atoms with E-state index in [1.165, 1.54) is 0 Å². The highest BCUT2D eigenvalue weighted by molar-refractivity contribution is 5.92. The number of aromatic nitrogens is 4. The van der Waals surface area contributed by atoms with E-state index in [1.54, 1.807) is 18.6 Å². The molecule has 4 rings (SSSR count). The second-order valence-electron chi connectivity index (χ2n) is 6.40. The van der Waals surface area contributed by atoms with E-state index in [9.17, 15) is 4.79 Å². The molecule has 0 aliphatic carbocycles. The zero-order chi connectivity index (χ0) is 17.2. The van der Waals surface area contributed by atoms with E-state index < -0.39 is 0 Å². The van der Waals surface area contributed by atoms with Crippen LogP contribution < -0.4 is 0 Å². The van der Waals surface area contributed by atoms with Crippen LogP contribution in [-0.2, 0) is 0 Å². The van der Waals surface area contributed by atoms with Crippen molar-refractivity contribution in [1.29, 1.82) is 0 Å². The number of nitrogens with zero attached hydrogens (tertiary/aromatic N) is 5. The molecule has 0 bridgehead atoms. The van der Waals surface area contributed by atoms with Crippen LogP contribution in [-0.4, -0.2) is 43.8 Å². The second-order valence-corrected chi connectivity index (χ2v) is 6.40. The third-order valence-corrected chi connectivity index (χ3v) is 4.69. The van der Waals surface area contributed by atoms with Gasteiger partial charge in [-0.25, -0.2) is 15.0 Å². The van der Waals surface area contributed by atoms with Gasteiger partial charge in [-0.05, 0) is 44.0 Å². The van der Waals surface area contributed by atoms with Crippen LogP contribution in [0.4, 0.5) is 0 Å². The molecular weight excluding hydrogens is 314 g/mol. The van der Waals surface area contributed by atoms with Crippen molar-refractivity contribution in [3.8, 4) is 0 Å². The summed E-state index contributed by atoms with van der Waals surface area (Å²) in [5.41, 5.74) is 3.07. The van der Waals surface area contributed by atoms with Gasteiger partial charge in [-0.15, -0.1) is 0 Å². The van der Waals surface area contributed by atoms with Crippen molar-refractivity contribution in [2.75, 3.05) is 13.1 Å². The number of hydrogen-bond donors (Lipinski definition) is 0. The summed E-state index contributed by atoms with van der Waals surface area (Å²) >= 11 is 0. The first-order valence-electron chi connectivity index (χ1n) is 8.50. The molecule has 3 aromatic heterocycles. The number of piperidine rings is 1. The van der Waals surface area contributed by atoms with Crippen LogP contribution in [0.25, 0.3) is 11.0 Å². The largest absolute Gasteiger partial charge is 0.337 e. The zero-order valence-corrected chi connectivity index (χ0v) is 14.1. The van der Waals surface area contributed by atoms with Gasteiger partial charge in [0.2, 0.25) is 0 Å². The SMILES string of the molecule is Cc1cnc(C(=O)N2CCC(c3ccc4cccnc4n3)CC2)cn1. The number of carbonyl (C=O) groups is 1. The van der Waals surface area contributed by atoms with Crippen molar-refractivity contribution in [1.82, 2.24) is 24.8 Å². The second kappa shape index (κ2) is 6.55. The first kappa shape index (κ1) is 15.6. The van der Waals surface area contributed by atoms with Crippen molar-refractivity contribution in [3.63, 3.8) is 0 Å². The Hall–Kier alpha value is -2.89. The van der Waals surface area contributed by atoms with Crippen molar-refractivity contribution in [2.24, 2.45) is 0 Å². The average molecular weight is 333 g/mol. The minimum Gasteiger partial charge on any atom is -0.337 e. The van der Waals surface area contributed by atoms with E-state index in [1.807, 2.05) is 24.0 Å². The van der Waals surface area contributed by atoms with Crippen molar-refractivity contribution in [3.05, 3.63) is 59.9 Å². The fraction of sp³-hybridized carbons (Fsp3) is 0.316. The molecule has 0 atom stereocenters. The number of aryl methyl sites for hydroxylation is 1. The summed E-state index contributed by atoms with van der Waals surface area (Å²) in [6.07, 6.45) is 6.75. The lowest BCUT2D eigenvalue weighted by Gasteiger charge is -2.31. The summed E-state index contributed by atoms with van der Waals surface area (Å²) in [4.78, 5) is 31.8. The Kier molecular flexibility index (Phi) is 4.09. The van der Waals surface area contributed by atoms with Gasteiger partial charge < -0.3 is 4.90 Å². The highest BCUT2D eigenvalue weighted by Gasteiger charge is 2.26. The van der Waals surface area contributed by atoms with Crippen LogP contribution in [0.15, 0.2) is 42.9 Å². The molecule has 1 amide bonds. The third-order valence-electron chi connectivity index (χ3n) is 4.69. The summed E-state index contributed by atoms with van der Waals surface area (Å²) in [5.74, 6) is 0.318. The molecule has 0 N–H and O–H groups in total. The van der Waals surface area contributed by atoms with E-state index in [0.29, 0.717) is 24.7 Å². The minimum atomic E-state index is -0.0425. The Morgan fingerprint density at radius 2 is 1.92 bits per heavy atom. The number of carbonyl (C=O) groups excluding carboxylic acids is 1. The summed E-state index contributed by atoms with van der Waals surface area (Å²) in [6, 6.07) is 8.09. The van der Waals surface area contributed by atoms with E-state index in [-0.39, 0.29) is 5.91 Å². The minimum absolute atomic E-state index is 0.0425. The molecule has 1 fully saturated rings. The molecule has 6 heteroatoms. The first-order chi connectivity index (χ1) is 12.2. The number of likely N-dealkylation sites (tertiary alicyclic amines) is 1. The normalized spacial score (nSPS) is 15.5. The van der Waals surface area contributed by atoms with Crippen LogP contribution in [0.3, 0.4) is 0 Å². The molecule has 1 aliphatic heterocycles. The summed E-state index contributed by atoms with van der Waals surface area (Å²) < 4.78 is 0. The molecule has 0 saturated carbocycles. The molecule has 6 nitrogen and oxygen atoms in total. The monoisotopic (exact) mass is 333 g/mol. The number of fused-ring (bicyclic) bond motifs is 1. The lowest BCUT2D eigenvalue weighted by Crippen LogP contribution is -2.38. The van der Waals surface area contributed by atoms with Crippen LogP contribution >= 0.6 is 0 Å². The smallest absolute Gasteiger partial charge is 0.274 e. The van der Waals surface area contributed by atoms with E-state index >= 15 is 0 Å². The number of hydrogen-bond acceptors (Lipinski definition) is 5. The van der Waals surface area contributed by atoms with Crippen LogP contribution in [0.1, 0.15) is 40.6 Å². The number of pyridine rings is 2. The highest BCUT2D eigenvalue weighted by atomic mass is 16.2. The average Bonchev–Trinajstić information content (AvgIpc) is 2.68. The van der Waals surface area contributed by atoms with Crippen LogP contribution in [0.2, 0.25) is 0 Å². The Morgan fingerprint density at radius 3 is 2.68 bits per heavy atom. The van der Waals surface area contributed by atoms with Gasteiger partial charge in [0.25, 0.3) is 5.91 Å². The number of rotatable bonds is 2. The maximum absolute atomic E-state index is 12.5. The molecule has 0 radical (unpaired) electrons. The van der Waals surface area contributed by atoms with Crippen LogP contribution in [0, 0.1) is 6.92 Å². The van der Waals surface area contributed by atoms with Crippen LogP contribution in [0.5, 0.6) is 0 Å². The molecule has 1 saturated heterocycles. The molecule has 0 aromatic carbocycles. The van der Waals surface area contributed by atoms with E-state index in [0.717, 1.165) is 35.3 Å². The van der Waals surface area contributed by atoms with Gasteiger partial charge in [0, 0.05) is 42.5 Å². The van der Waals surface area contributed by atoms with Gasteiger partial charge in [0.05, 0.1) is 11.9 Å². The highest BCUT2D eigenvalue weighted by Crippen LogP contribution is 2.28. The van der Waals surface area contributed by atoms with Gasteiger partial charge in [0.15, 0.2) is 5.65 Å². The standard InChI is InChI=1S/C19H19N5O/c1-13-11-22-17(12-21-13)19(25)24-9-6-14(7-10-24)16-5-4-15-3-2-8-20-18(15)23-16/h2-5,8,11-12,14H,6-7,9-10H2,1H3. The lowest BCUT2D eigenvalue weighted by atomic mass is 9.92. The quantitative estimate of drug-likeness (QED) is 0.721. The maximum atomic E-state index is 12.5. The third kappa shape index (κ3) is 3.20. The predicted molar refractivity (Wildman–Crippen MR) is 94.2 cm³/mol. The van der Waals surface area contributed by atoms with Crippen molar-refractivity contribution in [2.45, 2.75) is 25.7 Å². The Morgan fingerprint density at radius 1 is 1.08 bits per heavy atom. The fourth-order valence-corrected chi connectivity index (χ4v) is 3.24. The topological polar surface area (TPSA) is 71.9 Å². The van der Waals surface area contributed by atoms with Gasteiger partial charge in [-0.1, -0.05) is 0 Å².